The molecule has 28 heteroatoms. The Balaban J connectivity index is 0.701. The number of carbonyl (C=O) groups is 7. The number of carboxylic acid groups (broad SMARTS) is 1. The average molecular weight is 1420 g/mol. The molecule has 0 aliphatic carbocycles. The van der Waals surface area contributed by atoms with Crippen molar-refractivity contribution in [3.8, 4) is 34.5 Å². The first kappa shape index (κ1) is 71.8. The molecule has 5 heterocycles. The van der Waals surface area contributed by atoms with Crippen LogP contribution in [-0.2, 0) is 53.1 Å². The number of halogens is 2. The first-order chi connectivity index (χ1) is 48.7. The van der Waals surface area contributed by atoms with Crippen LogP contribution >= 0.6 is 22.9 Å². The van der Waals surface area contributed by atoms with Gasteiger partial charge in [-0.1, -0.05) is 61.8 Å². The molecule has 11 rings (SSSR count). The number of amides is 7. The second-order valence-corrected chi connectivity index (χ2v) is 26.6. The topological polar surface area (TPSA) is 318 Å². The number of imide groups is 1. The molecule has 2 aliphatic rings. The highest BCUT2D eigenvalue weighted by Crippen LogP contribution is 2.49. The third-order valence-electron chi connectivity index (χ3n) is 17.7. The number of methoxy groups -OCH3 is 1. The van der Waals surface area contributed by atoms with E-state index < -0.39 is 65.5 Å². The number of fused-ring (bicyclic) bond motifs is 8. The Morgan fingerprint density at radius 1 is 0.802 bits per heavy atom. The number of quaternary nitrogens is 1. The molecule has 1 saturated heterocycles. The molecule has 3 aromatic heterocycles. The predicted octanol–water partition coefficient (Wildman–Crippen LogP) is 8.75. The van der Waals surface area contributed by atoms with Gasteiger partial charge in [-0.3, -0.25) is 33.8 Å². The van der Waals surface area contributed by atoms with Crippen LogP contribution in [0.15, 0.2) is 134 Å². The van der Waals surface area contributed by atoms with Crippen LogP contribution in [0.2, 0.25) is 5.02 Å². The lowest BCUT2D eigenvalue weighted by Crippen LogP contribution is -2.57. The highest BCUT2D eigenvalue weighted by atomic mass is 35.5. The van der Waals surface area contributed by atoms with Crippen LogP contribution in [0.1, 0.15) is 49.9 Å². The normalized spacial score (nSPS) is 14.7. The van der Waals surface area contributed by atoms with Crippen LogP contribution in [0.5, 0.6) is 23.1 Å². The van der Waals surface area contributed by atoms with Crippen molar-refractivity contribution in [1.29, 1.82) is 0 Å². The summed E-state index contributed by atoms with van der Waals surface area (Å²) in [6.45, 7) is 8.63. The number of rotatable bonds is 32. The maximum atomic E-state index is 15.4. The summed E-state index contributed by atoms with van der Waals surface area (Å²) in [7, 11) is 3.80. The van der Waals surface area contributed by atoms with Crippen molar-refractivity contribution in [3.63, 3.8) is 0 Å². The van der Waals surface area contributed by atoms with Crippen molar-refractivity contribution in [2.45, 2.75) is 70.9 Å². The van der Waals surface area contributed by atoms with Gasteiger partial charge in [0.1, 0.15) is 66.1 Å². The number of carbonyl (C=O) groups excluding carboxylic acids is 6. The molecular formula is C73H77ClFN12O13S+. The van der Waals surface area contributed by atoms with Gasteiger partial charge in [-0.25, -0.2) is 33.9 Å². The number of hydrogen-bond acceptors (Lipinski definition) is 18. The summed E-state index contributed by atoms with van der Waals surface area (Å²) >= 11 is 8.73. The number of benzene rings is 6. The Bertz CT molecular complexity index is 4580. The number of nitrogens with two attached hydrogens (primary N) is 1. The summed E-state index contributed by atoms with van der Waals surface area (Å²) in [6, 6.07) is 29.2. The molecule has 0 saturated carbocycles. The fourth-order valence-electron chi connectivity index (χ4n) is 12.3. The lowest BCUT2D eigenvalue weighted by molar-refractivity contribution is -0.926. The minimum absolute atomic E-state index is 0.0239. The molecule has 3 atom stereocenters. The third kappa shape index (κ3) is 17.8. The Kier molecular flexibility index (Phi) is 23.2. The summed E-state index contributed by atoms with van der Waals surface area (Å²) in [5, 5.41) is 25.5. The molecule has 0 bridgehead atoms. The van der Waals surface area contributed by atoms with Gasteiger partial charge in [0.15, 0.2) is 5.82 Å². The van der Waals surface area contributed by atoms with E-state index in [4.69, 9.17) is 46.0 Å². The van der Waals surface area contributed by atoms with Crippen molar-refractivity contribution in [3.05, 3.63) is 162 Å². The number of primary amides is 1. The van der Waals surface area contributed by atoms with E-state index in [9.17, 15) is 38.7 Å². The van der Waals surface area contributed by atoms with Gasteiger partial charge in [-0.2, -0.15) is 0 Å². The molecule has 0 spiro atoms. The molecule has 0 unspecified atom stereocenters. The lowest BCUT2D eigenvalue weighted by Gasteiger charge is -2.42. The van der Waals surface area contributed by atoms with Crippen molar-refractivity contribution in [2.24, 2.45) is 11.7 Å². The standard InChI is InChI=1S/C73H76ClFN12O13S/c1-43(2)65(84-58(88)26-35-97-36-32-86-59(89)23-24-60(86)90)69(92)83-54(9-7-27-78-73(76)95)68(91)82-48-16-11-44(12-17-48)40-87(3)33-29-85(30-34-87)31-37-98-56-22-21-52-61(64(56)74)53-39-47(75)15-20-51(53)66-62(52)63-70(79-42-80-71(63)101-66)100-57(72(93)94)38-46-8-5-6-10-55(46)99-41-49-25-28-77-67(81-49)45-13-18-50(96-4)19-14-45/h5-6,8,10-25,28,39,42-43,54,57,65H,7,9,26-27,29-38,40-41H2,1-4H3,(H6-,76,78,82,83,84,88,91,92,93,94,95)/p+1/t54-,57+,65-/m0/s1. The molecular weight excluding hydrogens is 1340 g/mol. The smallest absolute Gasteiger partial charge is 0.345 e. The van der Waals surface area contributed by atoms with E-state index >= 15 is 4.39 Å². The third-order valence-corrected chi connectivity index (χ3v) is 19.2. The first-order valence-electron chi connectivity index (χ1n) is 33.0. The van der Waals surface area contributed by atoms with Crippen molar-refractivity contribution >= 4 is 112 Å². The maximum Gasteiger partial charge on any atom is 0.345 e. The SMILES string of the molecule is COc1ccc(-c2nccc(COc3ccccc3C[C@@H](Oc3ncnc4sc5c6ccc(F)cc6c6c(Cl)c(OCCN7CC[N+](C)(Cc8ccc(NC(=O)[C@H](CCCNC(N)=O)NC(=O)[C@@H](NC(=O)CCOCCN9C(=O)C=CC9=O)C(C)C)cc8)CC7)ccc6c5c34)C(=O)O)n2)cc1. The van der Waals surface area contributed by atoms with Gasteiger partial charge in [0, 0.05) is 95.0 Å². The average Bonchev–Trinajstić information content (AvgIpc) is 1.61. The fraction of sp³-hybridized carbons (Fsp3) is 0.329. The van der Waals surface area contributed by atoms with Crippen LogP contribution in [0.3, 0.4) is 0 Å². The summed E-state index contributed by atoms with van der Waals surface area (Å²) in [6.07, 6.45) is 4.16. The van der Waals surface area contributed by atoms with Gasteiger partial charge in [-0.15, -0.1) is 11.3 Å². The van der Waals surface area contributed by atoms with Crippen molar-refractivity contribution in [1.82, 2.24) is 45.7 Å². The van der Waals surface area contributed by atoms with Crippen LogP contribution < -0.4 is 45.9 Å². The van der Waals surface area contributed by atoms with Crippen LogP contribution in [0.4, 0.5) is 14.9 Å². The first-order valence-corrected chi connectivity index (χ1v) is 34.2. The van der Waals surface area contributed by atoms with E-state index in [-0.39, 0.29) is 69.0 Å². The Hall–Kier alpha value is -10.5. The number of anilines is 1. The molecule has 2 aliphatic heterocycles. The summed E-state index contributed by atoms with van der Waals surface area (Å²) < 4.78 is 46.8. The number of nitrogens with one attached hydrogen (secondary N) is 4. The van der Waals surface area contributed by atoms with Crippen molar-refractivity contribution < 1.29 is 71.2 Å². The molecule has 9 aromatic rings. The molecule has 101 heavy (non-hydrogen) atoms. The van der Waals surface area contributed by atoms with Crippen molar-refractivity contribution in [2.75, 3.05) is 85.1 Å². The summed E-state index contributed by atoms with van der Waals surface area (Å²) in [4.78, 5) is 111. The number of hydrogen-bond donors (Lipinski definition) is 6. The Morgan fingerprint density at radius 3 is 2.29 bits per heavy atom. The van der Waals surface area contributed by atoms with E-state index in [0.29, 0.717) is 96.7 Å². The second-order valence-electron chi connectivity index (χ2n) is 25.2. The highest BCUT2D eigenvalue weighted by Gasteiger charge is 2.33. The molecule has 7 amide bonds. The number of thiophene rings is 1. The molecule has 6 aromatic carbocycles. The van der Waals surface area contributed by atoms with E-state index in [0.717, 1.165) is 57.9 Å². The number of ether oxygens (including phenoxy) is 5. The van der Waals surface area contributed by atoms with Gasteiger partial charge in [0.25, 0.3) is 11.8 Å². The lowest BCUT2D eigenvalue weighted by atomic mass is 9.97. The van der Waals surface area contributed by atoms with E-state index in [1.807, 2.05) is 42.5 Å². The summed E-state index contributed by atoms with van der Waals surface area (Å²) in [5.74, 6) is -2.37. The molecule has 25 nitrogen and oxygen atoms in total. The second kappa shape index (κ2) is 32.7. The molecule has 7 N–H and O–H groups in total. The number of piperazine rings is 1. The minimum Gasteiger partial charge on any atom is -0.497 e. The Labute approximate surface area is 589 Å². The van der Waals surface area contributed by atoms with E-state index in [1.54, 1.807) is 81.8 Å². The molecule has 1 fully saturated rings. The number of para-hydroxylation sites is 1. The summed E-state index contributed by atoms with van der Waals surface area (Å²) in [5.41, 5.74) is 8.80. The monoisotopic (exact) mass is 1420 g/mol. The maximum absolute atomic E-state index is 15.4. The number of aromatic nitrogens is 4. The van der Waals surface area contributed by atoms with Crippen LogP contribution in [-0.4, -0.2) is 179 Å². The predicted molar refractivity (Wildman–Crippen MR) is 379 cm³/mol. The number of carboxylic acids is 1. The molecule has 0 radical (unpaired) electrons. The zero-order valence-electron chi connectivity index (χ0n) is 56.0. The minimum atomic E-state index is -1.42. The number of likely N-dealkylation sites (N-methyl/N-ethyl adjacent to an activating group) is 1. The van der Waals surface area contributed by atoms with Gasteiger partial charge in [-0.05, 0) is 108 Å². The van der Waals surface area contributed by atoms with Gasteiger partial charge < -0.3 is 60.3 Å². The van der Waals surface area contributed by atoms with E-state index in [2.05, 4.69) is 48.2 Å². The zero-order chi connectivity index (χ0) is 71.3. The molecule has 526 valence electrons. The van der Waals surface area contributed by atoms with Gasteiger partial charge in [0.05, 0.1) is 63.1 Å². The Morgan fingerprint density at radius 2 is 1.55 bits per heavy atom. The fourth-order valence-corrected chi connectivity index (χ4v) is 13.8. The largest absolute Gasteiger partial charge is 0.497 e. The zero-order valence-corrected chi connectivity index (χ0v) is 57.6. The van der Waals surface area contributed by atoms with Gasteiger partial charge >= 0.3 is 12.0 Å². The quantitative estimate of drug-likeness (QED) is 0.00993. The number of aliphatic carboxylic acids is 1. The van der Waals surface area contributed by atoms with Crippen LogP contribution in [0.25, 0.3) is 53.2 Å². The number of nitrogens with zero attached hydrogens (tertiary/aromatic N) is 7. The van der Waals surface area contributed by atoms with Gasteiger partial charge in [0.2, 0.25) is 29.7 Å². The van der Waals surface area contributed by atoms with Crippen LogP contribution in [0, 0.1) is 11.7 Å². The number of urea groups is 1. The van der Waals surface area contributed by atoms with E-state index in [1.165, 1.54) is 41.9 Å². The highest BCUT2D eigenvalue weighted by molar-refractivity contribution is 7.26.